The summed E-state index contributed by atoms with van der Waals surface area (Å²) in [5.41, 5.74) is 3.44. The summed E-state index contributed by atoms with van der Waals surface area (Å²) in [6, 6.07) is 4.96. The van der Waals surface area contributed by atoms with Crippen LogP contribution in [0, 0.1) is 6.92 Å². The molecule has 3 rings (SSSR count). The Morgan fingerprint density at radius 3 is 3.12 bits per heavy atom. The lowest BCUT2D eigenvalue weighted by molar-refractivity contribution is 0.337. The predicted molar refractivity (Wildman–Crippen MR) is 64.4 cm³/mol. The summed E-state index contributed by atoms with van der Waals surface area (Å²) in [4.78, 5) is 4.60. The predicted octanol–water partition coefficient (Wildman–Crippen LogP) is 2.28. The fraction of sp³-hybridized carbons (Fsp3) is 0.462. The van der Waals surface area contributed by atoms with E-state index in [0.717, 1.165) is 23.9 Å². The smallest absolute Gasteiger partial charge is 0.137 e. The maximum atomic E-state index is 4.60. The lowest BCUT2D eigenvalue weighted by Crippen LogP contribution is -2.34. The molecule has 1 N–H and O–H groups in total. The van der Waals surface area contributed by atoms with Gasteiger partial charge in [-0.1, -0.05) is 6.42 Å². The summed E-state index contributed by atoms with van der Waals surface area (Å²) in [5, 5.41) is 3.54. The van der Waals surface area contributed by atoms with Gasteiger partial charge in [-0.05, 0) is 37.5 Å². The quantitative estimate of drug-likeness (QED) is 0.851. The second kappa shape index (κ2) is 3.91. The van der Waals surface area contributed by atoms with Gasteiger partial charge < -0.3 is 9.72 Å². The highest BCUT2D eigenvalue weighted by Crippen LogP contribution is 2.18. The van der Waals surface area contributed by atoms with Gasteiger partial charge in [0, 0.05) is 25.0 Å². The maximum absolute atomic E-state index is 4.60. The third-order valence-electron chi connectivity index (χ3n) is 3.34. The van der Waals surface area contributed by atoms with Crippen molar-refractivity contribution < 1.29 is 0 Å². The second-order valence-electron chi connectivity index (χ2n) is 4.71. The Kier molecular flexibility index (Phi) is 2.40. The van der Waals surface area contributed by atoms with Gasteiger partial charge in [0.2, 0.25) is 0 Å². The second-order valence-corrected chi connectivity index (χ2v) is 4.71. The summed E-state index contributed by atoms with van der Waals surface area (Å²) in [5.74, 6) is 0. The number of pyridine rings is 1. The van der Waals surface area contributed by atoms with Crippen molar-refractivity contribution in [3.63, 3.8) is 0 Å². The van der Waals surface area contributed by atoms with Crippen LogP contribution in [0.2, 0.25) is 0 Å². The highest BCUT2D eigenvalue weighted by atomic mass is 15.0. The van der Waals surface area contributed by atoms with Gasteiger partial charge in [-0.2, -0.15) is 0 Å². The summed E-state index contributed by atoms with van der Waals surface area (Å²) in [7, 11) is 0. The first-order chi connectivity index (χ1) is 7.81. The molecule has 0 amide bonds. The Balaban J connectivity index is 1.76. The van der Waals surface area contributed by atoms with E-state index >= 15 is 0 Å². The Bertz CT molecular complexity index is 497. The summed E-state index contributed by atoms with van der Waals surface area (Å²) >= 11 is 0. The van der Waals surface area contributed by atoms with Crippen LogP contribution in [-0.4, -0.2) is 15.4 Å². The maximum Gasteiger partial charge on any atom is 0.137 e. The first-order valence-electron chi connectivity index (χ1n) is 5.99. The fourth-order valence-electron chi connectivity index (χ4n) is 2.08. The minimum atomic E-state index is 0.728. The Hall–Kier alpha value is -1.35. The van der Waals surface area contributed by atoms with Gasteiger partial charge in [0.15, 0.2) is 0 Å². The molecule has 1 fully saturated rings. The minimum absolute atomic E-state index is 0.728. The molecule has 3 nitrogen and oxygen atoms in total. The number of fused-ring (bicyclic) bond motifs is 1. The van der Waals surface area contributed by atoms with Gasteiger partial charge in [0.05, 0.1) is 5.69 Å². The molecule has 0 aliphatic heterocycles. The van der Waals surface area contributed by atoms with Crippen LogP contribution in [0.1, 0.15) is 30.5 Å². The molecule has 0 unspecified atom stereocenters. The Morgan fingerprint density at radius 2 is 2.38 bits per heavy atom. The van der Waals surface area contributed by atoms with Gasteiger partial charge in [-0.25, -0.2) is 4.98 Å². The van der Waals surface area contributed by atoms with Crippen molar-refractivity contribution in [1.29, 1.82) is 0 Å². The number of aryl methyl sites for hydroxylation is 1. The zero-order valence-corrected chi connectivity index (χ0v) is 9.61. The van der Waals surface area contributed by atoms with E-state index in [9.17, 15) is 0 Å². The molecule has 2 heterocycles. The zero-order valence-electron chi connectivity index (χ0n) is 9.61. The Labute approximate surface area is 95.5 Å². The van der Waals surface area contributed by atoms with E-state index in [2.05, 4.69) is 46.2 Å². The van der Waals surface area contributed by atoms with E-state index in [1.807, 2.05) is 0 Å². The molecule has 1 aliphatic carbocycles. The lowest BCUT2D eigenvalue weighted by atomic mass is 9.93. The topological polar surface area (TPSA) is 29.3 Å². The minimum Gasteiger partial charge on any atom is -0.308 e. The number of nitrogens with zero attached hydrogens (tertiary/aromatic N) is 2. The van der Waals surface area contributed by atoms with Gasteiger partial charge in [0.1, 0.15) is 5.65 Å². The summed E-state index contributed by atoms with van der Waals surface area (Å²) < 4.78 is 2.09. The molecular formula is C13H17N3. The molecule has 1 aliphatic rings. The first kappa shape index (κ1) is 9.85. The average Bonchev–Trinajstić information content (AvgIpc) is 2.57. The third kappa shape index (κ3) is 1.83. The van der Waals surface area contributed by atoms with E-state index in [-0.39, 0.29) is 0 Å². The zero-order chi connectivity index (χ0) is 11.0. The van der Waals surface area contributed by atoms with Gasteiger partial charge in [-0.15, -0.1) is 0 Å². The molecule has 0 aromatic carbocycles. The normalized spacial score (nSPS) is 16.6. The standard InChI is InChI=1S/C13H17N3/c1-10-5-6-16-9-12(15-13(16)7-10)8-14-11-3-2-4-11/h5-7,9,11,14H,2-4,8H2,1H3. The molecule has 3 heteroatoms. The first-order valence-corrected chi connectivity index (χ1v) is 5.99. The molecule has 84 valence electrons. The van der Waals surface area contributed by atoms with E-state index < -0.39 is 0 Å². The largest absolute Gasteiger partial charge is 0.308 e. The molecule has 0 radical (unpaired) electrons. The monoisotopic (exact) mass is 215 g/mol. The fourth-order valence-corrected chi connectivity index (χ4v) is 2.08. The van der Waals surface area contributed by atoms with Crippen molar-refractivity contribution in [3.8, 4) is 0 Å². The van der Waals surface area contributed by atoms with Crippen LogP contribution in [0.25, 0.3) is 5.65 Å². The Morgan fingerprint density at radius 1 is 1.50 bits per heavy atom. The van der Waals surface area contributed by atoms with E-state index in [1.54, 1.807) is 0 Å². The van der Waals surface area contributed by atoms with E-state index in [4.69, 9.17) is 0 Å². The summed E-state index contributed by atoms with van der Waals surface area (Å²) in [6.07, 6.45) is 8.21. The molecule has 2 aromatic heterocycles. The highest BCUT2D eigenvalue weighted by Gasteiger charge is 2.16. The molecule has 0 saturated heterocycles. The van der Waals surface area contributed by atoms with Crippen molar-refractivity contribution in [2.45, 2.75) is 38.8 Å². The molecule has 16 heavy (non-hydrogen) atoms. The van der Waals surface area contributed by atoms with Gasteiger partial charge in [-0.3, -0.25) is 0 Å². The van der Waals surface area contributed by atoms with Crippen LogP contribution in [-0.2, 0) is 6.54 Å². The van der Waals surface area contributed by atoms with Crippen LogP contribution >= 0.6 is 0 Å². The van der Waals surface area contributed by atoms with Crippen LogP contribution in [0.15, 0.2) is 24.5 Å². The average molecular weight is 215 g/mol. The molecule has 1 saturated carbocycles. The van der Waals surface area contributed by atoms with Crippen molar-refractivity contribution >= 4 is 5.65 Å². The van der Waals surface area contributed by atoms with Gasteiger partial charge in [0.25, 0.3) is 0 Å². The van der Waals surface area contributed by atoms with Crippen molar-refractivity contribution in [1.82, 2.24) is 14.7 Å². The molecule has 0 atom stereocenters. The molecule has 2 aromatic rings. The molecular weight excluding hydrogens is 198 g/mol. The number of imidazole rings is 1. The molecule has 0 spiro atoms. The van der Waals surface area contributed by atoms with Gasteiger partial charge >= 0.3 is 0 Å². The number of hydrogen-bond acceptors (Lipinski definition) is 2. The van der Waals surface area contributed by atoms with Crippen LogP contribution < -0.4 is 5.32 Å². The highest BCUT2D eigenvalue weighted by molar-refractivity contribution is 5.42. The van der Waals surface area contributed by atoms with Crippen LogP contribution in [0.5, 0.6) is 0 Å². The van der Waals surface area contributed by atoms with E-state index in [0.29, 0.717) is 0 Å². The lowest BCUT2D eigenvalue weighted by Gasteiger charge is -2.26. The van der Waals surface area contributed by atoms with Crippen molar-refractivity contribution in [2.75, 3.05) is 0 Å². The van der Waals surface area contributed by atoms with Crippen molar-refractivity contribution in [3.05, 3.63) is 35.8 Å². The van der Waals surface area contributed by atoms with Crippen molar-refractivity contribution in [2.24, 2.45) is 0 Å². The van der Waals surface area contributed by atoms with E-state index in [1.165, 1.54) is 24.8 Å². The summed E-state index contributed by atoms with van der Waals surface area (Å²) in [6.45, 7) is 2.99. The third-order valence-corrected chi connectivity index (χ3v) is 3.34. The number of rotatable bonds is 3. The number of nitrogens with one attached hydrogen (secondary N) is 1. The number of hydrogen-bond donors (Lipinski definition) is 1. The number of aromatic nitrogens is 2. The molecule has 0 bridgehead atoms. The van der Waals surface area contributed by atoms with Crippen LogP contribution in [0.3, 0.4) is 0 Å². The van der Waals surface area contributed by atoms with Crippen LogP contribution in [0.4, 0.5) is 0 Å². The SMILES string of the molecule is Cc1ccn2cc(CNC3CCC3)nc2c1.